The highest BCUT2D eigenvalue weighted by molar-refractivity contribution is 6.06. The topological polar surface area (TPSA) is 129 Å². The number of ether oxygens (including phenoxy) is 1. The second-order valence-corrected chi connectivity index (χ2v) is 4.28. The Morgan fingerprint density at radius 1 is 1.32 bits per heavy atom. The fourth-order valence-electron chi connectivity index (χ4n) is 1.94. The van der Waals surface area contributed by atoms with Gasteiger partial charge in [-0.05, 0) is 6.07 Å². The van der Waals surface area contributed by atoms with E-state index in [0.717, 1.165) is 19.2 Å². The number of nitrogens with zero attached hydrogens (tertiary/aromatic N) is 1. The molecule has 0 bridgehead atoms. The van der Waals surface area contributed by atoms with Crippen LogP contribution in [0.25, 0.3) is 11.0 Å². The minimum absolute atomic E-state index is 0.00981. The first kappa shape index (κ1) is 15.2. The van der Waals surface area contributed by atoms with E-state index in [9.17, 15) is 24.5 Å². The Balaban J connectivity index is 2.89. The summed E-state index contributed by atoms with van der Waals surface area (Å²) in [7, 11) is 1.11. The molecule has 0 unspecified atom stereocenters. The first-order valence-corrected chi connectivity index (χ1v) is 5.95. The van der Waals surface area contributed by atoms with Crippen molar-refractivity contribution in [2.75, 3.05) is 12.4 Å². The fraction of sp³-hybridized carbons (Fsp3) is 0.154. The van der Waals surface area contributed by atoms with Gasteiger partial charge in [0.25, 0.3) is 0 Å². The molecule has 22 heavy (non-hydrogen) atoms. The Hall–Kier alpha value is -3.23. The number of fused-ring (bicyclic) bond motifs is 1. The molecule has 1 heterocycles. The van der Waals surface area contributed by atoms with E-state index < -0.39 is 28.1 Å². The molecule has 1 aromatic carbocycles. The Labute approximate surface area is 122 Å². The molecule has 0 fully saturated rings. The normalized spacial score (nSPS) is 10.3. The van der Waals surface area contributed by atoms with Gasteiger partial charge in [-0.25, -0.2) is 9.59 Å². The van der Waals surface area contributed by atoms with E-state index in [1.54, 1.807) is 0 Å². The van der Waals surface area contributed by atoms with Crippen LogP contribution in [0.4, 0.5) is 11.4 Å². The average Bonchev–Trinajstić information content (AvgIpc) is 2.44. The Bertz CT molecular complexity index is 853. The lowest BCUT2D eigenvalue weighted by Crippen LogP contribution is -2.10. The molecule has 0 aliphatic carbocycles. The molecule has 1 N–H and O–H groups in total. The summed E-state index contributed by atoms with van der Waals surface area (Å²) >= 11 is 0. The number of anilines is 1. The number of carbonyl (C=O) groups is 2. The van der Waals surface area contributed by atoms with Gasteiger partial charge >= 0.3 is 17.3 Å². The first-order chi connectivity index (χ1) is 10.3. The lowest BCUT2D eigenvalue weighted by Gasteiger charge is -2.07. The predicted molar refractivity (Wildman–Crippen MR) is 74.8 cm³/mol. The van der Waals surface area contributed by atoms with Crippen LogP contribution in [-0.4, -0.2) is 23.9 Å². The number of nitro benzene ring substituents is 1. The molecule has 0 saturated carbocycles. The van der Waals surface area contributed by atoms with Gasteiger partial charge in [0.1, 0.15) is 0 Å². The molecule has 9 nitrogen and oxygen atoms in total. The highest BCUT2D eigenvalue weighted by Crippen LogP contribution is 2.31. The molecule has 2 aromatic rings. The molecular weight excluding hydrogens is 296 g/mol. The van der Waals surface area contributed by atoms with Gasteiger partial charge in [0.2, 0.25) is 11.5 Å². The highest BCUT2D eigenvalue weighted by Gasteiger charge is 2.22. The van der Waals surface area contributed by atoms with Gasteiger partial charge in [0, 0.05) is 30.1 Å². The summed E-state index contributed by atoms with van der Waals surface area (Å²) in [5.41, 5.74) is -1.95. The smallest absolute Gasteiger partial charge is 0.338 e. The maximum atomic E-state index is 11.7. The van der Waals surface area contributed by atoms with E-state index in [1.807, 2.05) is 0 Å². The van der Waals surface area contributed by atoms with Crippen molar-refractivity contribution >= 4 is 34.2 Å². The van der Waals surface area contributed by atoms with E-state index in [2.05, 4.69) is 10.1 Å². The molecule has 2 rings (SSSR count). The summed E-state index contributed by atoms with van der Waals surface area (Å²) in [6, 6.07) is 3.20. The van der Waals surface area contributed by atoms with Crippen LogP contribution < -0.4 is 10.9 Å². The Morgan fingerprint density at radius 3 is 2.55 bits per heavy atom. The third-order valence-electron chi connectivity index (χ3n) is 2.75. The molecule has 0 saturated heterocycles. The average molecular weight is 306 g/mol. The van der Waals surface area contributed by atoms with E-state index in [4.69, 9.17) is 4.42 Å². The van der Waals surface area contributed by atoms with Gasteiger partial charge in [-0.1, -0.05) is 0 Å². The number of rotatable bonds is 3. The molecule has 1 aromatic heterocycles. The number of carbonyl (C=O) groups excluding carboxylic acids is 2. The molecule has 1 amide bonds. The van der Waals surface area contributed by atoms with Crippen LogP contribution in [-0.2, 0) is 9.53 Å². The standard InChI is InChI=1S/C13H10N2O7/c1-6(16)14-7-3-8-9(13(18)21-2)5-11(17)22-12(8)10(4-7)15(19)20/h3-5H,1-2H3,(H,14,16). The quantitative estimate of drug-likeness (QED) is 0.393. The molecule has 0 spiro atoms. The first-order valence-electron chi connectivity index (χ1n) is 5.95. The molecule has 114 valence electrons. The summed E-state index contributed by atoms with van der Waals surface area (Å²) < 4.78 is 9.38. The van der Waals surface area contributed by atoms with Crippen LogP contribution in [0.5, 0.6) is 0 Å². The van der Waals surface area contributed by atoms with E-state index in [1.165, 1.54) is 13.0 Å². The minimum Gasteiger partial charge on any atom is -0.465 e. The zero-order valence-electron chi connectivity index (χ0n) is 11.5. The van der Waals surface area contributed by atoms with E-state index in [-0.39, 0.29) is 22.2 Å². The lowest BCUT2D eigenvalue weighted by molar-refractivity contribution is -0.383. The maximum Gasteiger partial charge on any atom is 0.338 e. The summed E-state index contributed by atoms with van der Waals surface area (Å²) in [6.07, 6.45) is 0. The SMILES string of the molecule is COC(=O)c1cc(=O)oc2c([N+](=O)[O-])cc(NC(C)=O)cc12. The number of hydrogen-bond acceptors (Lipinski definition) is 7. The summed E-state index contributed by atoms with van der Waals surface area (Å²) in [6.45, 7) is 1.22. The Kier molecular flexibility index (Phi) is 3.89. The van der Waals surface area contributed by atoms with Crippen LogP contribution in [0.1, 0.15) is 17.3 Å². The van der Waals surface area contributed by atoms with Crippen LogP contribution in [0.15, 0.2) is 27.4 Å². The third-order valence-corrected chi connectivity index (χ3v) is 2.75. The van der Waals surface area contributed by atoms with Gasteiger partial charge in [0.15, 0.2) is 0 Å². The lowest BCUT2D eigenvalue weighted by atomic mass is 10.1. The molecule has 0 atom stereocenters. The summed E-state index contributed by atoms with van der Waals surface area (Å²) in [5, 5.41) is 13.5. The van der Waals surface area contributed by atoms with Gasteiger partial charge in [0.05, 0.1) is 17.6 Å². The number of non-ortho nitro benzene ring substituents is 1. The number of nitrogens with one attached hydrogen (secondary N) is 1. The molecule has 0 aliphatic rings. The molecule has 9 heteroatoms. The highest BCUT2D eigenvalue weighted by atomic mass is 16.6. The zero-order valence-corrected chi connectivity index (χ0v) is 11.5. The number of esters is 1. The molecular formula is C13H10N2O7. The zero-order chi connectivity index (χ0) is 16.4. The predicted octanol–water partition coefficient (Wildman–Crippen LogP) is 1.45. The monoisotopic (exact) mass is 306 g/mol. The van der Waals surface area contributed by atoms with Crippen molar-refractivity contribution in [1.82, 2.24) is 0 Å². The van der Waals surface area contributed by atoms with Crippen molar-refractivity contribution in [2.24, 2.45) is 0 Å². The molecule has 0 aliphatic heterocycles. The number of amides is 1. The van der Waals surface area contributed by atoms with Crippen molar-refractivity contribution in [1.29, 1.82) is 0 Å². The van der Waals surface area contributed by atoms with Crippen LogP contribution >= 0.6 is 0 Å². The van der Waals surface area contributed by atoms with Gasteiger partial charge in [-0.3, -0.25) is 14.9 Å². The van der Waals surface area contributed by atoms with Crippen LogP contribution in [0, 0.1) is 10.1 Å². The van der Waals surface area contributed by atoms with Crippen molar-refractivity contribution in [3.05, 3.63) is 44.3 Å². The number of hydrogen-bond donors (Lipinski definition) is 1. The minimum atomic E-state index is -0.928. The van der Waals surface area contributed by atoms with Gasteiger partial charge < -0.3 is 14.5 Å². The third kappa shape index (κ3) is 2.77. The van der Waals surface area contributed by atoms with Gasteiger partial charge in [-0.15, -0.1) is 0 Å². The largest absolute Gasteiger partial charge is 0.465 e. The fourth-order valence-corrected chi connectivity index (χ4v) is 1.94. The summed E-state index contributed by atoms with van der Waals surface area (Å²) in [5.74, 6) is -1.31. The van der Waals surface area contributed by atoms with Crippen molar-refractivity contribution in [3.8, 4) is 0 Å². The maximum absolute atomic E-state index is 11.7. The second kappa shape index (κ2) is 5.64. The van der Waals surface area contributed by atoms with Crippen LogP contribution in [0.2, 0.25) is 0 Å². The van der Waals surface area contributed by atoms with E-state index >= 15 is 0 Å². The van der Waals surface area contributed by atoms with Crippen LogP contribution in [0.3, 0.4) is 0 Å². The van der Waals surface area contributed by atoms with Crippen molar-refractivity contribution in [2.45, 2.75) is 6.92 Å². The second-order valence-electron chi connectivity index (χ2n) is 4.28. The van der Waals surface area contributed by atoms with Crippen molar-refractivity contribution in [3.63, 3.8) is 0 Å². The Morgan fingerprint density at radius 2 is 2.00 bits per heavy atom. The van der Waals surface area contributed by atoms with E-state index in [0.29, 0.717) is 0 Å². The van der Waals surface area contributed by atoms with Gasteiger partial charge in [-0.2, -0.15) is 0 Å². The molecule has 0 radical (unpaired) electrons. The summed E-state index contributed by atoms with van der Waals surface area (Å²) in [4.78, 5) is 44.7. The number of nitro groups is 1. The number of methoxy groups -OCH3 is 1. The van der Waals surface area contributed by atoms with Crippen molar-refractivity contribution < 1.29 is 23.7 Å². The number of benzene rings is 1.